The molecule has 36 heavy (non-hydrogen) atoms. The van der Waals surface area contributed by atoms with E-state index in [1.54, 1.807) is 31.2 Å². The summed E-state index contributed by atoms with van der Waals surface area (Å²) in [5, 5.41) is 23.1. The van der Waals surface area contributed by atoms with Gasteiger partial charge in [0.05, 0.1) is 24.4 Å². The number of pyridine rings is 1. The van der Waals surface area contributed by atoms with Crippen LogP contribution in [0.25, 0.3) is 22.2 Å². The molecule has 1 atom stereocenters. The van der Waals surface area contributed by atoms with Crippen LogP contribution in [0.3, 0.4) is 0 Å². The van der Waals surface area contributed by atoms with Gasteiger partial charge in [-0.15, -0.1) is 0 Å². The van der Waals surface area contributed by atoms with Gasteiger partial charge >= 0.3 is 0 Å². The molecule has 0 bridgehead atoms. The molecule has 0 aliphatic heterocycles. The highest BCUT2D eigenvalue weighted by Crippen LogP contribution is 2.33. The molecule has 2 aromatic carbocycles. The SMILES string of the molecule is COc1cc(C(=O)NCC(O)c2cc3cc(C)oc3c(-c3ccc(F)c(Cl)c3)n2)ccc1OCCO. The van der Waals surface area contributed by atoms with Crippen molar-refractivity contribution in [2.24, 2.45) is 0 Å². The quantitative estimate of drug-likeness (QED) is 0.302. The maximum atomic E-state index is 13.7. The summed E-state index contributed by atoms with van der Waals surface area (Å²) >= 11 is 5.96. The van der Waals surface area contributed by atoms with Crippen molar-refractivity contribution in [1.29, 1.82) is 0 Å². The fraction of sp³-hybridized carbons (Fsp3) is 0.231. The van der Waals surface area contributed by atoms with Gasteiger partial charge in [0.1, 0.15) is 30.0 Å². The van der Waals surface area contributed by atoms with Crippen LogP contribution in [-0.4, -0.2) is 48.0 Å². The number of amides is 1. The van der Waals surface area contributed by atoms with E-state index in [1.165, 1.54) is 31.4 Å². The van der Waals surface area contributed by atoms with Crippen molar-refractivity contribution in [3.05, 3.63) is 76.4 Å². The topological polar surface area (TPSA) is 114 Å². The molecule has 1 amide bonds. The minimum atomic E-state index is -1.14. The molecule has 3 N–H and O–H groups in total. The Bertz CT molecular complexity index is 1410. The van der Waals surface area contributed by atoms with Crippen LogP contribution >= 0.6 is 11.6 Å². The van der Waals surface area contributed by atoms with E-state index >= 15 is 0 Å². The first-order valence-corrected chi connectivity index (χ1v) is 11.4. The second kappa shape index (κ2) is 10.9. The molecule has 0 spiro atoms. The Hall–Kier alpha value is -3.66. The van der Waals surface area contributed by atoms with Crippen molar-refractivity contribution >= 4 is 28.5 Å². The molecule has 1 unspecified atom stereocenters. The molecule has 0 saturated heterocycles. The number of aryl methyl sites for hydroxylation is 1. The summed E-state index contributed by atoms with van der Waals surface area (Å²) in [7, 11) is 1.44. The van der Waals surface area contributed by atoms with Gasteiger partial charge in [-0.05, 0) is 55.5 Å². The summed E-state index contributed by atoms with van der Waals surface area (Å²) in [6, 6.07) is 12.3. The first-order valence-electron chi connectivity index (χ1n) is 11.0. The van der Waals surface area contributed by atoms with Crippen LogP contribution in [0.15, 0.2) is 52.9 Å². The minimum absolute atomic E-state index is 0.0628. The lowest BCUT2D eigenvalue weighted by molar-refractivity contribution is 0.0913. The Morgan fingerprint density at radius 3 is 2.72 bits per heavy atom. The van der Waals surface area contributed by atoms with Crippen molar-refractivity contribution in [1.82, 2.24) is 10.3 Å². The van der Waals surface area contributed by atoms with Crippen LogP contribution in [0, 0.1) is 12.7 Å². The van der Waals surface area contributed by atoms with E-state index in [-0.39, 0.29) is 24.8 Å². The molecule has 8 nitrogen and oxygen atoms in total. The number of halogens is 2. The molecule has 0 aliphatic carbocycles. The summed E-state index contributed by atoms with van der Waals surface area (Å²) in [5.74, 6) is 0.371. The molecule has 4 rings (SSSR count). The third-order valence-electron chi connectivity index (χ3n) is 5.41. The van der Waals surface area contributed by atoms with Gasteiger partial charge in [0.2, 0.25) is 0 Å². The molecular formula is C26H24ClFN2O6. The molecule has 4 aromatic rings. The smallest absolute Gasteiger partial charge is 0.251 e. The lowest BCUT2D eigenvalue weighted by Gasteiger charge is -2.15. The lowest BCUT2D eigenvalue weighted by atomic mass is 10.1. The van der Waals surface area contributed by atoms with Gasteiger partial charge in [-0.3, -0.25) is 4.79 Å². The van der Waals surface area contributed by atoms with E-state index < -0.39 is 17.8 Å². The molecule has 188 valence electrons. The van der Waals surface area contributed by atoms with Crippen LogP contribution in [0.2, 0.25) is 5.02 Å². The van der Waals surface area contributed by atoms with Gasteiger partial charge in [-0.2, -0.15) is 0 Å². The van der Waals surface area contributed by atoms with Crippen molar-refractivity contribution < 1.29 is 33.3 Å². The highest BCUT2D eigenvalue weighted by Gasteiger charge is 2.19. The van der Waals surface area contributed by atoms with Gasteiger partial charge in [0.15, 0.2) is 17.1 Å². The number of nitrogens with zero attached hydrogens (tertiary/aromatic N) is 1. The first kappa shape index (κ1) is 25.4. The summed E-state index contributed by atoms with van der Waals surface area (Å²) in [4.78, 5) is 17.2. The number of fused-ring (bicyclic) bond motifs is 1. The molecule has 2 heterocycles. The largest absolute Gasteiger partial charge is 0.493 e. The fourth-order valence-electron chi connectivity index (χ4n) is 3.69. The zero-order chi connectivity index (χ0) is 25.8. The number of ether oxygens (including phenoxy) is 2. The molecule has 0 aliphatic rings. The number of methoxy groups -OCH3 is 1. The van der Waals surface area contributed by atoms with Crippen LogP contribution in [-0.2, 0) is 0 Å². The van der Waals surface area contributed by atoms with E-state index in [4.69, 9.17) is 30.6 Å². The Morgan fingerprint density at radius 2 is 2.00 bits per heavy atom. The number of hydrogen-bond acceptors (Lipinski definition) is 7. The van der Waals surface area contributed by atoms with Crippen LogP contribution in [0.1, 0.15) is 27.9 Å². The van der Waals surface area contributed by atoms with E-state index in [1.807, 2.05) is 0 Å². The standard InChI is InChI=1S/C26H24ClFN2O6/c1-14-9-17-11-20(30-24(25(17)36-14)15-3-5-19(28)18(27)10-15)21(32)13-29-26(33)16-4-6-22(35-8-7-31)23(12-16)34-2/h3-6,9-12,21,31-32H,7-8,13H2,1-2H3,(H,29,33). The molecule has 0 radical (unpaired) electrons. The van der Waals surface area contributed by atoms with E-state index in [0.717, 1.165) is 0 Å². The Morgan fingerprint density at radius 1 is 1.19 bits per heavy atom. The Balaban J connectivity index is 1.55. The predicted molar refractivity (Wildman–Crippen MR) is 132 cm³/mol. The summed E-state index contributed by atoms with van der Waals surface area (Å²) in [6.45, 7) is 1.60. The minimum Gasteiger partial charge on any atom is -0.493 e. The van der Waals surface area contributed by atoms with E-state index in [2.05, 4.69) is 10.3 Å². The number of rotatable bonds is 9. The van der Waals surface area contributed by atoms with Crippen molar-refractivity contribution in [2.45, 2.75) is 13.0 Å². The monoisotopic (exact) mass is 514 g/mol. The van der Waals surface area contributed by atoms with Gasteiger partial charge < -0.3 is 29.4 Å². The van der Waals surface area contributed by atoms with Gasteiger partial charge in [-0.1, -0.05) is 11.6 Å². The van der Waals surface area contributed by atoms with Gasteiger partial charge in [-0.25, -0.2) is 9.37 Å². The summed E-state index contributed by atoms with van der Waals surface area (Å²) in [5.41, 5.74) is 1.99. The summed E-state index contributed by atoms with van der Waals surface area (Å²) < 4.78 is 30.1. The number of carbonyl (C=O) groups excluding carboxylic acids is 1. The number of aliphatic hydroxyl groups is 2. The first-order chi connectivity index (χ1) is 17.3. The number of hydrogen-bond donors (Lipinski definition) is 3. The third kappa shape index (κ3) is 5.43. The highest BCUT2D eigenvalue weighted by molar-refractivity contribution is 6.31. The number of aromatic nitrogens is 1. The van der Waals surface area contributed by atoms with Crippen molar-refractivity contribution in [3.8, 4) is 22.8 Å². The number of benzene rings is 2. The van der Waals surface area contributed by atoms with E-state index in [0.29, 0.717) is 50.7 Å². The van der Waals surface area contributed by atoms with Crippen molar-refractivity contribution in [3.63, 3.8) is 0 Å². The molecule has 2 aromatic heterocycles. The lowest BCUT2D eigenvalue weighted by Crippen LogP contribution is -2.28. The average molecular weight is 515 g/mol. The zero-order valence-corrected chi connectivity index (χ0v) is 20.3. The maximum Gasteiger partial charge on any atom is 0.251 e. The Kier molecular flexibility index (Phi) is 7.73. The number of nitrogens with one attached hydrogen (secondary N) is 1. The highest BCUT2D eigenvalue weighted by atomic mass is 35.5. The number of furan rings is 1. The van der Waals surface area contributed by atoms with Crippen LogP contribution in [0.4, 0.5) is 4.39 Å². The molecule has 10 heteroatoms. The van der Waals surface area contributed by atoms with Gasteiger partial charge in [0.25, 0.3) is 5.91 Å². The molecular weight excluding hydrogens is 491 g/mol. The van der Waals surface area contributed by atoms with Crippen LogP contribution in [0.5, 0.6) is 11.5 Å². The van der Waals surface area contributed by atoms with Crippen LogP contribution < -0.4 is 14.8 Å². The normalized spacial score (nSPS) is 11.9. The second-order valence-electron chi connectivity index (χ2n) is 7.96. The molecule has 0 saturated carbocycles. The Labute approximate surface area is 211 Å². The predicted octanol–water partition coefficient (Wildman–Crippen LogP) is 4.44. The second-order valence-corrected chi connectivity index (χ2v) is 8.37. The number of carbonyl (C=O) groups is 1. The fourth-order valence-corrected chi connectivity index (χ4v) is 3.87. The number of aliphatic hydroxyl groups excluding tert-OH is 2. The third-order valence-corrected chi connectivity index (χ3v) is 5.70. The average Bonchev–Trinajstić information content (AvgIpc) is 3.26. The zero-order valence-electron chi connectivity index (χ0n) is 19.5. The van der Waals surface area contributed by atoms with E-state index in [9.17, 15) is 14.3 Å². The maximum absolute atomic E-state index is 13.7. The summed E-state index contributed by atoms with van der Waals surface area (Å²) in [6.07, 6.45) is -1.14. The van der Waals surface area contributed by atoms with Gasteiger partial charge in [0, 0.05) is 23.1 Å². The van der Waals surface area contributed by atoms with Crippen molar-refractivity contribution in [2.75, 3.05) is 26.9 Å². The molecule has 0 fully saturated rings.